The van der Waals surface area contributed by atoms with Crippen LogP contribution in [0.1, 0.15) is 74.9 Å². The van der Waals surface area contributed by atoms with E-state index in [0.29, 0.717) is 29.5 Å². The van der Waals surface area contributed by atoms with E-state index in [1.807, 2.05) is 58.9 Å². The number of thiocarbonyl (C=S) groups is 1. The molecule has 260 valence electrons. The Morgan fingerprint density at radius 2 is 1.69 bits per heavy atom. The van der Waals surface area contributed by atoms with Crippen LogP contribution in [0.3, 0.4) is 0 Å². The van der Waals surface area contributed by atoms with Gasteiger partial charge in [-0.25, -0.2) is 4.79 Å². The number of carbonyl (C=O) groups is 3. The van der Waals surface area contributed by atoms with Gasteiger partial charge in [-0.3, -0.25) is 9.59 Å². The molecule has 1 aromatic heterocycles. The number of aryl methyl sites for hydroxylation is 2. The summed E-state index contributed by atoms with van der Waals surface area (Å²) in [5.74, 6) is -1.57. The minimum atomic E-state index is -4.59. The molecule has 0 saturated carbocycles. The maximum Gasteiger partial charge on any atom is 0.418 e. The summed E-state index contributed by atoms with van der Waals surface area (Å²) >= 11 is 5.28. The van der Waals surface area contributed by atoms with Crippen LogP contribution in [0.25, 0.3) is 10.9 Å². The molecule has 1 aliphatic rings. The van der Waals surface area contributed by atoms with Crippen LogP contribution < -0.4 is 27.0 Å². The summed E-state index contributed by atoms with van der Waals surface area (Å²) in [5.41, 5.74) is 6.60. The van der Waals surface area contributed by atoms with Crippen LogP contribution in [-0.2, 0) is 35.2 Å². The Morgan fingerprint density at radius 1 is 1.02 bits per heavy atom. The lowest BCUT2D eigenvalue weighted by molar-refractivity contribution is -0.136. The fourth-order valence-electron chi connectivity index (χ4n) is 6.29. The highest BCUT2D eigenvalue weighted by molar-refractivity contribution is 7.80. The summed E-state index contributed by atoms with van der Waals surface area (Å²) in [4.78, 5) is 44.6. The van der Waals surface area contributed by atoms with Gasteiger partial charge in [-0.05, 0) is 48.8 Å². The van der Waals surface area contributed by atoms with Gasteiger partial charge in [0.05, 0.1) is 22.1 Å². The summed E-state index contributed by atoms with van der Waals surface area (Å²) in [6.45, 7) is 9.73. The fraction of sp³-hybridized carbons (Fsp3) is 0.486. The van der Waals surface area contributed by atoms with E-state index < -0.39 is 47.2 Å². The summed E-state index contributed by atoms with van der Waals surface area (Å²) in [7, 11) is 0. The number of halogens is 3. The Bertz CT molecular complexity index is 1670. The number of hydrogen-bond donors (Lipinski definition) is 6. The van der Waals surface area contributed by atoms with Gasteiger partial charge in [0.2, 0.25) is 11.8 Å². The highest BCUT2D eigenvalue weighted by Crippen LogP contribution is 2.40. The lowest BCUT2D eigenvalue weighted by Crippen LogP contribution is -2.67. The van der Waals surface area contributed by atoms with Crippen LogP contribution in [-0.4, -0.2) is 45.4 Å². The van der Waals surface area contributed by atoms with Gasteiger partial charge in [-0.2, -0.15) is 13.2 Å². The monoisotopic (exact) mass is 686 g/mol. The third kappa shape index (κ3) is 8.11. The predicted octanol–water partition coefficient (Wildman–Crippen LogP) is 5.57. The molecule has 0 spiro atoms. The number of benzene rings is 2. The van der Waals surface area contributed by atoms with Crippen LogP contribution in [0.5, 0.6) is 0 Å². The van der Waals surface area contributed by atoms with E-state index >= 15 is 0 Å². The topological polar surface area (TPSA) is 141 Å². The molecule has 1 aliphatic carbocycles. The first-order valence-corrected chi connectivity index (χ1v) is 16.7. The number of H-pyrrole nitrogens is 1. The third-order valence-corrected chi connectivity index (χ3v) is 9.79. The molecule has 0 bridgehead atoms. The first kappa shape index (κ1) is 36.7. The van der Waals surface area contributed by atoms with E-state index in [9.17, 15) is 27.6 Å². The molecule has 3 aromatic rings. The molecule has 9 nitrogen and oxygen atoms in total. The normalized spacial score (nSPS) is 18.6. The molecule has 4 rings (SSSR count). The van der Waals surface area contributed by atoms with E-state index in [-0.39, 0.29) is 48.1 Å². The number of amides is 4. The second-order valence-corrected chi connectivity index (χ2v) is 13.4. The zero-order valence-electron chi connectivity index (χ0n) is 27.9. The van der Waals surface area contributed by atoms with Crippen LogP contribution in [0.2, 0.25) is 0 Å². The van der Waals surface area contributed by atoms with E-state index in [1.54, 1.807) is 6.07 Å². The molecule has 2 aromatic carbocycles. The maximum atomic E-state index is 14.3. The van der Waals surface area contributed by atoms with Gasteiger partial charge in [0.15, 0.2) is 0 Å². The maximum absolute atomic E-state index is 14.3. The van der Waals surface area contributed by atoms with Crippen molar-refractivity contribution in [3.05, 3.63) is 70.4 Å². The van der Waals surface area contributed by atoms with Crippen molar-refractivity contribution in [1.29, 1.82) is 0 Å². The van der Waals surface area contributed by atoms with E-state index in [4.69, 9.17) is 18.0 Å². The highest BCUT2D eigenvalue weighted by atomic mass is 32.1. The van der Waals surface area contributed by atoms with Gasteiger partial charge in [0, 0.05) is 24.0 Å². The number of carbonyl (C=O) groups excluding carboxylic acids is 3. The van der Waals surface area contributed by atoms with Crippen molar-refractivity contribution in [1.82, 2.24) is 26.3 Å². The molecule has 2 unspecified atom stereocenters. The van der Waals surface area contributed by atoms with Crippen molar-refractivity contribution in [3.63, 3.8) is 0 Å². The molecule has 4 amide bonds. The van der Waals surface area contributed by atoms with Crippen molar-refractivity contribution in [2.75, 3.05) is 0 Å². The number of urea groups is 1. The molecule has 7 N–H and O–H groups in total. The summed E-state index contributed by atoms with van der Waals surface area (Å²) in [5, 5.41) is 11.8. The zero-order valence-corrected chi connectivity index (χ0v) is 28.8. The van der Waals surface area contributed by atoms with E-state index in [2.05, 4.69) is 26.3 Å². The molecule has 48 heavy (non-hydrogen) atoms. The minimum Gasteiger partial charge on any atom is -0.392 e. The predicted molar refractivity (Wildman–Crippen MR) is 184 cm³/mol. The van der Waals surface area contributed by atoms with Crippen molar-refractivity contribution in [2.45, 2.75) is 97.1 Å². The Morgan fingerprint density at radius 3 is 2.31 bits per heavy atom. The number of para-hydroxylation sites is 1. The number of nitrogens with one attached hydrogen (secondary N) is 5. The molecule has 0 aliphatic heterocycles. The summed E-state index contributed by atoms with van der Waals surface area (Å²) in [6.07, 6.45) is -3.20. The van der Waals surface area contributed by atoms with Crippen LogP contribution in [0.4, 0.5) is 18.0 Å². The standard InChI is InChI=1S/C35H45F3N6O3S/c1-6-20(4)27(30(39)48)42-32(46)34(15-14-26-24(17-34)23-12-9-13-25(29(23)41-26)35(36,37)38)44-31(45)28(21(5)7-2)43-33(47)40-18-22-11-8-10-19(3)16-22/h8-13,16,20-21,27-28,41H,6-7,14-15,17-18H2,1-5H3,(H2,39,48)(H,42,46)(H,44,45)(H2,40,43,47)/t20?,21?,27-,28-,34+/m0/s1. The fourth-order valence-corrected chi connectivity index (χ4v) is 6.58. The molecule has 1 heterocycles. The largest absolute Gasteiger partial charge is 0.418 e. The number of aromatic nitrogens is 1. The number of rotatable bonds is 12. The highest BCUT2D eigenvalue weighted by Gasteiger charge is 2.47. The van der Waals surface area contributed by atoms with E-state index in [1.165, 1.54) is 6.07 Å². The molecular weight excluding hydrogens is 641 g/mol. The number of aromatic amines is 1. The van der Waals surface area contributed by atoms with Crippen LogP contribution >= 0.6 is 12.2 Å². The van der Waals surface area contributed by atoms with Crippen molar-refractivity contribution < 1.29 is 27.6 Å². The van der Waals surface area contributed by atoms with Gasteiger partial charge >= 0.3 is 12.2 Å². The number of nitrogens with two attached hydrogens (primary N) is 1. The van der Waals surface area contributed by atoms with Gasteiger partial charge in [-0.15, -0.1) is 0 Å². The molecule has 0 saturated heterocycles. The van der Waals surface area contributed by atoms with Crippen LogP contribution in [0.15, 0.2) is 42.5 Å². The second kappa shape index (κ2) is 15.0. The lowest BCUT2D eigenvalue weighted by atomic mass is 9.78. The Labute approximate surface area is 284 Å². The Hall–Kier alpha value is -4.13. The molecule has 0 radical (unpaired) electrons. The molecule has 0 fully saturated rings. The van der Waals surface area contributed by atoms with Gasteiger partial charge in [0.25, 0.3) is 0 Å². The zero-order chi connectivity index (χ0) is 35.4. The molecular formula is C35H45F3N6O3S. The SMILES string of the molecule is CCC(C)[C@H](NC(=O)NCc1cccc(C)c1)C(=O)N[C@]1(C(=O)N[C@H](C(N)=S)C(C)CC)CCc2[nH]c3c(C(F)(F)F)cccc3c2C1. The third-order valence-electron chi connectivity index (χ3n) is 9.54. The van der Waals surface area contributed by atoms with Crippen molar-refractivity contribution in [2.24, 2.45) is 17.6 Å². The first-order chi connectivity index (χ1) is 22.6. The van der Waals surface area contributed by atoms with Gasteiger partial charge in [-0.1, -0.05) is 94.7 Å². The average Bonchev–Trinajstić information content (AvgIpc) is 3.41. The summed E-state index contributed by atoms with van der Waals surface area (Å²) < 4.78 is 41.8. The average molecular weight is 687 g/mol. The van der Waals surface area contributed by atoms with Crippen molar-refractivity contribution >= 4 is 46.0 Å². The van der Waals surface area contributed by atoms with Gasteiger partial charge in [0.1, 0.15) is 11.6 Å². The Balaban J connectivity index is 1.68. The Kier molecular flexibility index (Phi) is 11.4. The number of alkyl halides is 3. The quantitative estimate of drug-likeness (QED) is 0.138. The second-order valence-electron chi connectivity index (χ2n) is 13.0. The van der Waals surface area contributed by atoms with Gasteiger partial charge < -0.3 is 32.0 Å². The minimum absolute atomic E-state index is 0.0671. The number of hydrogen-bond acceptors (Lipinski definition) is 4. The summed E-state index contributed by atoms with van der Waals surface area (Å²) in [6, 6.07) is 9.34. The first-order valence-electron chi connectivity index (χ1n) is 16.3. The van der Waals surface area contributed by atoms with Crippen LogP contribution in [0, 0.1) is 18.8 Å². The molecule has 13 heteroatoms. The smallest absolute Gasteiger partial charge is 0.392 e. The van der Waals surface area contributed by atoms with Crippen molar-refractivity contribution in [3.8, 4) is 0 Å². The number of fused-ring (bicyclic) bond motifs is 3. The lowest BCUT2D eigenvalue weighted by Gasteiger charge is -2.40. The van der Waals surface area contributed by atoms with E-state index in [0.717, 1.165) is 17.2 Å². The molecule has 5 atom stereocenters.